The predicted molar refractivity (Wildman–Crippen MR) is 54.1 cm³/mol. The molecular weight excluding hydrogens is 180 g/mol. The van der Waals surface area contributed by atoms with Crippen molar-refractivity contribution in [3.8, 4) is 0 Å². The Morgan fingerprint density at radius 1 is 1.36 bits per heavy atom. The second-order valence-electron chi connectivity index (χ2n) is 4.81. The van der Waals surface area contributed by atoms with Gasteiger partial charge in [-0.3, -0.25) is 19.9 Å². The van der Waals surface area contributed by atoms with E-state index in [1.807, 2.05) is 20.8 Å². The van der Waals surface area contributed by atoms with Crippen LogP contribution in [-0.2, 0) is 9.59 Å². The smallest absolute Gasteiger partial charge is 0.271 e. The molecule has 1 aliphatic heterocycles. The Morgan fingerprint density at radius 2 is 1.93 bits per heavy atom. The molecule has 78 valence electrons. The van der Waals surface area contributed by atoms with Crippen LogP contribution in [-0.4, -0.2) is 23.6 Å². The van der Waals surface area contributed by atoms with Gasteiger partial charge in [-0.15, -0.1) is 0 Å². The molecule has 1 heterocycles. The highest BCUT2D eigenvalue weighted by Crippen LogP contribution is 2.23. The topological polar surface area (TPSA) is 58.5 Å². The number of imide groups is 1. The number of carbonyl (C=O) groups excluding carboxylic acids is 2. The molecule has 0 aromatic heterocycles. The van der Waals surface area contributed by atoms with Crippen LogP contribution in [0.2, 0.25) is 0 Å². The summed E-state index contributed by atoms with van der Waals surface area (Å²) < 4.78 is 0. The zero-order chi connectivity index (χ0) is 10.9. The monoisotopic (exact) mass is 196 g/mol. The van der Waals surface area contributed by atoms with Crippen molar-refractivity contribution in [1.29, 1.82) is 0 Å². The molecule has 1 rings (SSSR count). The summed E-state index contributed by atoms with van der Waals surface area (Å²) >= 11 is 0. The first-order valence-corrected chi connectivity index (χ1v) is 4.69. The second kappa shape index (κ2) is 3.52. The maximum atomic E-state index is 11.4. The molecule has 4 nitrogen and oxygen atoms in total. The molecule has 0 aromatic rings. The molecule has 0 saturated heterocycles. The van der Waals surface area contributed by atoms with Gasteiger partial charge in [-0.2, -0.15) is 0 Å². The molecule has 0 spiro atoms. The van der Waals surface area contributed by atoms with Crippen LogP contribution in [0.1, 0.15) is 34.1 Å². The summed E-state index contributed by atoms with van der Waals surface area (Å²) in [6.45, 7) is 7.75. The van der Waals surface area contributed by atoms with E-state index in [0.29, 0.717) is 12.1 Å². The molecule has 0 radical (unpaired) electrons. The minimum Gasteiger partial charge on any atom is -0.289 e. The molecule has 1 unspecified atom stereocenters. The molecule has 1 atom stereocenters. The van der Waals surface area contributed by atoms with Crippen molar-refractivity contribution in [2.75, 3.05) is 0 Å². The highest BCUT2D eigenvalue weighted by molar-refractivity contribution is 6.42. The van der Waals surface area contributed by atoms with Crippen molar-refractivity contribution in [1.82, 2.24) is 5.32 Å². The third kappa shape index (κ3) is 2.65. The fourth-order valence-corrected chi connectivity index (χ4v) is 1.36. The maximum Gasteiger partial charge on any atom is 0.271 e. The molecule has 0 aromatic carbocycles. The summed E-state index contributed by atoms with van der Waals surface area (Å²) in [6, 6.07) is -0.410. The summed E-state index contributed by atoms with van der Waals surface area (Å²) in [5.41, 5.74) is 0.422. The van der Waals surface area contributed by atoms with Crippen molar-refractivity contribution in [3.63, 3.8) is 0 Å². The number of aliphatic imine (C=N–C) groups is 1. The normalized spacial score (nSPS) is 23.1. The number of nitrogens with zero attached hydrogens (tertiary/aromatic N) is 1. The zero-order valence-corrected chi connectivity index (χ0v) is 9.05. The maximum absolute atomic E-state index is 11.4. The van der Waals surface area contributed by atoms with Gasteiger partial charge in [0.2, 0.25) is 0 Å². The SMILES string of the molecule is CC1=NC(CC(C)(C)C)C(=O)NC1=O. The highest BCUT2D eigenvalue weighted by atomic mass is 16.2. The lowest BCUT2D eigenvalue weighted by Crippen LogP contribution is -2.47. The zero-order valence-electron chi connectivity index (χ0n) is 9.05. The van der Waals surface area contributed by atoms with Crippen LogP contribution in [0.3, 0.4) is 0 Å². The molecule has 1 N–H and O–H groups in total. The van der Waals surface area contributed by atoms with Crippen molar-refractivity contribution < 1.29 is 9.59 Å². The molecule has 14 heavy (non-hydrogen) atoms. The Kier molecular flexibility index (Phi) is 2.73. The molecule has 0 saturated carbocycles. The van der Waals surface area contributed by atoms with Gasteiger partial charge < -0.3 is 0 Å². The Morgan fingerprint density at radius 3 is 2.43 bits per heavy atom. The molecule has 4 heteroatoms. The third-order valence-electron chi connectivity index (χ3n) is 2.02. The molecule has 0 aliphatic carbocycles. The largest absolute Gasteiger partial charge is 0.289 e. The van der Waals surface area contributed by atoms with Gasteiger partial charge in [0.05, 0.1) is 5.71 Å². The fourth-order valence-electron chi connectivity index (χ4n) is 1.36. The Bertz CT molecular complexity index is 300. The first-order chi connectivity index (χ1) is 6.29. The van der Waals surface area contributed by atoms with Crippen molar-refractivity contribution in [3.05, 3.63) is 0 Å². The molecule has 0 fully saturated rings. The van der Waals surface area contributed by atoms with E-state index in [0.717, 1.165) is 0 Å². The molecular formula is C10H16N2O2. The second-order valence-corrected chi connectivity index (χ2v) is 4.81. The van der Waals surface area contributed by atoms with Gasteiger partial charge in [0.25, 0.3) is 11.8 Å². The van der Waals surface area contributed by atoms with Crippen LogP contribution in [0.15, 0.2) is 4.99 Å². The van der Waals surface area contributed by atoms with Crippen LogP contribution in [0.25, 0.3) is 0 Å². The summed E-state index contributed by atoms with van der Waals surface area (Å²) in [7, 11) is 0. The first kappa shape index (κ1) is 10.9. The van der Waals surface area contributed by atoms with Crippen molar-refractivity contribution >= 4 is 17.5 Å². The Hall–Kier alpha value is -1.19. The standard InChI is InChI=1S/C10H16N2O2/c1-6-8(13)12-9(14)7(11-6)5-10(2,3)4/h7H,5H2,1-4H3,(H,12,13,14). The summed E-state index contributed by atoms with van der Waals surface area (Å²) in [6.07, 6.45) is 0.656. The van der Waals surface area contributed by atoms with E-state index >= 15 is 0 Å². The van der Waals surface area contributed by atoms with Crippen molar-refractivity contribution in [2.24, 2.45) is 10.4 Å². The highest BCUT2D eigenvalue weighted by Gasteiger charge is 2.30. The first-order valence-electron chi connectivity index (χ1n) is 4.69. The molecule has 2 amide bonds. The predicted octanol–water partition coefficient (Wildman–Crippen LogP) is 0.908. The van der Waals surface area contributed by atoms with Gasteiger partial charge in [-0.25, -0.2) is 0 Å². The van der Waals surface area contributed by atoms with Crippen LogP contribution >= 0.6 is 0 Å². The summed E-state index contributed by atoms with van der Waals surface area (Å²) in [4.78, 5) is 26.5. The van der Waals surface area contributed by atoms with Crippen molar-refractivity contribution in [2.45, 2.75) is 40.2 Å². The van der Waals surface area contributed by atoms with Crippen LogP contribution in [0, 0.1) is 5.41 Å². The fraction of sp³-hybridized carbons (Fsp3) is 0.700. The van der Waals surface area contributed by atoms with Gasteiger partial charge >= 0.3 is 0 Å². The van der Waals surface area contributed by atoms with E-state index in [-0.39, 0.29) is 17.2 Å². The number of nitrogens with one attached hydrogen (secondary N) is 1. The third-order valence-corrected chi connectivity index (χ3v) is 2.02. The number of rotatable bonds is 1. The average Bonchev–Trinajstić information content (AvgIpc) is 1.97. The summed E-state index contributed by atoms with van der Waals surface area (Å²) in [5, 5.41) is 2.29. The Labute approximate surface area is 83.8 Å². The van der Waals surface area contributed by atoms with E-state index in [4.69, 9.17) is 0 Å². The van der Waals surface area contributed by atoms with Crippen LogP contribution in [0.5, 0.6) is 0 Å². The number of hydrogen-bond acceptors (Lipinski definition) is 3. The Balaban J connectivity index is 2.80. The van der Waals surface area contributed by atoms with Crippen LogP contribution in [0.4, 0.5) is 0 Å². The van der Waals surface area contributed by atoms with Gasteiger partial charge in [0.15, 0.2) is 0 Å². The summed E-state index contributed by atoms with van der Waals surface area (Å²) in [5.74, 6) is -0.657. The van der Waals surface area contributed by atoms with Gasteiger partial charge in [-0.1, -0.05) is 20.8 Å². The van der Waals surface area contributed by atoms with Gasteiger partial charge in [0, 0.05) is 0 Å². The van der Waals surface area contributed by atoms with Gasteiger partial charge in [-0.05, 0) is 18.8 Å². The quantitative estimate of drug-likeness (QED) is 0.634. The minimum absolute atomic E-state index is 0.0339. The molecule has 1 aliphatic rings. The van der Waals surface area contributed by atoms with Gasteiger partial charge in [0.1, 0.15) is 6.04 Å². The van der Waals surface area contributed by atoms with E-state index in [1.54, 1.807) is 6.92 Å². The molecule has 0 bridgehead atoms. The van der Waals surface area contributed by atoms with E-state index in [1.165, 1.54) is 0 Å². The lowest BCUT2D eigenvalue weighted by molar-refractivity contribution is -0.129. The minimum atomic E-state index is -0.410. The van der Waals surface area contributed by atoms with E-state index < -0.39 is 6.04 Å². The average molecular weight is 196 g/mol. The lowest BCUT2D eigenvalue weighted by atomic mass is 9.87. The number of carbonyl (C=O) groups is 2. The van der Waals surface area contributed by atoms with Crippen LogP contribution < -0.4 is 5.32 Å². The number of amides is 2. The number of hydrogen-bond donors (Lipinski definition) is 1. The van der Waals surface area contributed by atoms with E-state index in [2.05, 4.69) is 10.3 Å². The lowest BCUT2D eigenvalue weighted by Gasteiger charge is -2.25. The van der Waals surface area contributed by atoms with E-state index in [9.17, 15) is 9.59 Å².